The molecule has 0 aromatic rings. The molecule has 4 nitrogen and oxygen atoms in total. The highest BCUT2D eigenvalue weighted by Crippen LogP contribution is 2.34. The average Bonchev–Trinajstić information content (AvgIpc) is 2.64. The zero-order valence-electron chi connectivity index (χ0n) is 12.9. The second-order valence-electron chi connectivity index (χ2n) is 6.54. The lowest BCUT2D eigenvalue weighted by molar-refractivity contribution is -0.141. The third kappa shape index (κ3) is 3.95. The van der Waals surface area contributed by atoms with E-state index in [1.165, 1.54) is 25.7 Å². The topological polar surface area (TPSA) is 43.8 Å². The normalized spacial score (nSPS) is 30.1. The summed E-state index contributed by atoms with van der Waals surface area (Å²) in [6.07, 6.45) is 8.52. The van der Waals surface area contributed by atoms with Crippen molar-refractivity contribution >= 4 is 5.97 Å². The molecule has 2 aliphatic rings. The highest BCUT2D eigenvalue weighted by molar-refractivity contribution is 5.68. The standard InChI is InChI=1S/C16H30N2O2/c1-2-9-17-10-6-7-16(8-13-17,14-15(19)20)18-11-4-3-5-12-18/h2-14H2,1H3,(H,19,20). The molecule has 2 aliphatic heterocycles. The van der Waals surface area contributed by atoms with Gasteiger partial charge in [-0.1, -0.05) is 13.3 Å². The van der Waals surface area contributed by atoms with Crippen LogP contribution in [0.1, 0.15) is 58.3 Å². The van der Waals surface area contributed by atoms with E-state index < -0.39 is 5.97 Å². The van der Waals surface area contributed by atoms with Gasteiger partial charge in [0.1, 0.15) is 0 Å². The maximum absolute atomic E-state index is 11.4. The van der Waals surface area contributed by atoms with Crippen LogP contribution in [0.15, 0.2) is 0 Å². The van der Waals surface area contributed by atoms with Gasteiger partial charge in [-0.3, -0.25) is 9.69 Å². The number of rotatable bonds is 5. The molecule has 2 rings (SSSR count). The van der Waals surface area contributed by atoms with Gasteiger partial charge in [-0.05, 0) is 71.2 Å². The van der Waals surface area contributed by atoms with Gasteiger partial charge in [0, 0.05) is 5.54 Å². The van der Waals surface area contributed by atoms with Crippen molar-refractivity contribution in [2.24, 2.45) is 0 Å². The molecule has 0 radical (unpaired) electrons. The van der Waals surface area contributed by atoms with Gasteiger partial charge in [-0.25, -0.2) is 0 Å². The average molecular weight is 282 g/mol. The molecule has 1 unspecified atom stereocenters. The summed E-state index contributed by atoms with van der Waals surface area (Å²) in [5.74, 6) is -0.625. The van der Waals surface area contributed by atoms with E-state index in [4.69, 9.17) is 0 Å². The van der Waals surface area contributed by atoms with Gasteiger partial charge >= 0.3 is 5.97 Å². The second-order valence-corrected chi connectivity index (χ2v) is 6.54. The van der Waals surface area contributed by atoms with Crippen molar-refractivity contribution in [2.45, 2.75) is 63.8 Å². The van der Waals surface area contributed by atoms with Crippen LogP contribution in [0.25, 0.3) is 0 Å². The number of hydrogen-bond acceptors (Lipinski definition) is 3. The van der Waals surface area contributed by atoms with Crippen LogP contribution in [-0.4, -0.2) is 59.1 Å². The molecule has 0 bridgehead atoms. The maximum Gasteiger partial charge on any atom is 0.305 e. The number of carboxylic acids is 1. The van der Waals surface area contributed by atoms with Gasteiger partial charge in [0.05, 0.1) is 6.42 Å². The SMILES string of the molecule is CCCN1CCCC(CC(=O)O)(N2CCCCC2)CC1. The van der Waals surface area contributed by atoms with E-state index >= 15 is 0 Å². The molecular weight excluding hydrogens is 252 g/mol. The molecule has 0 saturated carbocycles. The fourth-order valence-corrected chi connectivity index (χ4v) is 4.03. The van der Waals surface area contributed by atoms with Crippen LogP contribution in [0, 0.1) is 0 Å². The van der Waals surface area contributed by atoms with Gasteiger partial charge in [0.15, 0.2) is 0 Å². The van der Waals surface area contributed by atoms with Crippen molar-refractivity contribution in [1.82, 2.24) is 9.80 Å². The third-order valence-corrected chi connectivity index (χ3v) is 5.06. The van der Waals surface area contributed by atoms with Crippen molar-refractivity contribution in [3.63, 3.8) is 0 Å². The summed E-state index contributed by atoms with van der Waals surface area (Å²) in [5.41, 5.74) is -0.0747. The summed E-state index contributed by atoms with van der Waals surface area (Å²) >= 11 is 0. The van der Waals surface area contributed by atoms with Gasteiger partial charge < -0.3 is 10.0 Å². The minimum atomic E-state index is -0.625. The fraction of sp³-hybridized carbons (Fsp3) is 0.938. The van der Waals surface area contributed by atoms with Crippen LogP contribution in [0.2, 0.25) is 0 Å². The molecule has 2 saturated heterocycles. The van der Waals surface area contributed by atoms with E-state index in [1.807, 2.05) is 0 Å². The molecule has 0 aromatic carbocycles. The summed E-state index contributed by atoms with van der Waals surface area (Å²) in [4.78, 5) is 16.4. The van der Waals surface area contributed by atoms with E-state index in [2.05, 4.69) is 16.7 Å². The Morgan fingerprint density at radius 1 is 1.05 bits per heavy atom. The highest BCUT2D eigenvalue weighted by atomic mass is 16.4. The lowest BCUT2D eigenvalue weighted by atomic mass is 9.83. The van der Waals surface area contributed by atoms with Crippen LogP contribution in [0.3, 0.4) is 0 Å². The second kappa shape index (κ2) is 7.41. The first kappa shape index (κ1) is 15.8. The molecule has 2 heterocycles. The number of hydrogen-bond donors (Lipinski definition) is 1. The molecular formula is C16H30N2O2. The Labute approximate surface area is 123 Å². The van der Waals surface area contributed by atoms with Crippen LogP contribution in [0.5, 0.6) is 0 Å². The Morgan fingerprint density at radius 3 is 2.45 bits per heavy atom. The Morgan fingerprint density at radius 2 is 1.80 bits per heavy atom. The van der Waals surface area contributed by atoms with E-state index in [9.17, 15) is 9.90 Å². The van der Waals surface area contributed by atoms with Crippen molar-refractivity contribution in [1.29, 1.82) is 0 Å². The molecule has 116 valence electrons. The smallest absolute Gasteiger partial charge is 0.305 e. The molecule has 0 aliphatic carbocycles. The maximum atomic E-state index is 11.4. The molecule has 4 heteroatoms. The van der Waals surface area contributed by atoms with Crippen molar-refractivity contribution < 1.29 is 9.90 Å². The highest BCUT2D eigenvalue weighted by Gasteiger charge is 2.40. The Balaban J connectivity index is 2.07. The third-order valence-electron chi connectivity index (χ3n) is 5.06. The lowest BCUT2D eigenvalue weighted by Gasteiger charge is -2.45. The van der Waals surface area contributed by atoms with Crippen LogP contribution < -0.4 is 0 Å². The number of piperidine rings is 1. The van der Waals surface area contributed by atoms with Crippen molar-refractivity contribution in [3.8, 4) is 0 Å². The first-order valence-corrected chi connectivity index (χ1v) is 8.35. The first-order valence-electron chi connectivity index (χ1n) is 8.35. The molecule has 2 fully saturated rings. The summed E-state index contributed by atoms with van der Waals surface area (Å²) in [6.45, 7) is 7.78. The monoisotopic (exact) mass is 282 g/mol. The van der Waals surface area contributed by atoms with Gasteiger partial charge in [-0.2, -0.15) is 0 Å². The summed E-state index contributed by atoms with van der Waals surface area (Å²) in [7, 11) is 0. The van der Waals surface area contributed by atoms with E-state index in [0.717, 1.165) is 52.0 Å². The number of carboxylic acid groups (broad SMARTS) is 1. The van der Waals surface area contributed by atoms with Crippen LogP contribution in [-0.2, 0) is 4.79 Å². The Bertz CT molecular complexity index is 316. The molecule has 1 N–H and O–H groups in total. The molecule has 1 atom stereocenters. The zero-order chi connectivity index (χ0) is 14.4. The minimum absolute atomic E-state index is 0.0747. The Kier molecular flexibility index (Phi) is 5.85. The van der Waals surface area contributed by atoms with Gasteiger partial charge in [-0.15, -0.1) is 0 Å². The molecule has 20 heavy (non-hydrogen) atoms. The Hall–Kier alpha value is -0.610. The van der Waals surface area contributed by atoms with Crippen molar-refractivity contribution in [3.05, 3.63) is 0 Å². The lowest BCUT2D eigenvalue weighted by Crippen LogP contribution is -2.52. The van der Waals surface area contributed by atoms with Crippen LogP contribution in [0.4, 0.5) is 0 Å². The van der Waals surface area contributed by atoms with Gasteiger partial charge in [0.2, 0.25) is 0 Å². The first-order chi connectivity index (χ1) is 9.66. The largest absolute Gasteiger partial charge is 0.481 e. The minimum Gasteiger partial charge on any atom is -0.481 e. The fourth-order valence-electron chi connectivity index (χ4n) is 4.03. The molecule has 0 amide bonds. The number of likely N-dealkylation sites (tertiary alicyclic amines) is 2. The molecule has 0 spiro atoms. The van der Waals surface area contributed by atoms with Crippen LogP contribution >= 0.6 is 0 Å². The zero-order valence-corrected chi connectivity index (χ0v) is 12.9. The molecule has 0 aromatic heterocycles. The summed E-state index contributed by atoms with van der Waals surface area (Å²) in [6, 6.07) is 0. The summed E-state index contributed by atoms with van der Waals surface area (Å²) < 4.78 is 0. The number of aliphatic carboxylic acids is 1. The predicted octanol–water partition coefficient (Wildman–Crippen LogP) is 2.58. The van der Waals surface area contributed by atoms with Crippen molar-refractivity contribution in [2.75, 3.05) is 32.7 Å². The predicted molar refractivity (Wildman–Crippen MR) is 81.0 cm³/mol. The number of nitrogens with zero attached hydrogens (tertiary/aromatic N) is 2. The quantitative estimate of drug-likeness (QED) is 0.842. The van der Waals surface area contributed by atoms with E-state index in [-0.39, 0.29) is 5.54 Å². The van der Waals surface area contributed by atoms with E-state index in [1.54, 1.807) is 0 Å². The van der Waals surface area contributed by atoms with E-state index in [0.29, 0.717) is 6.42 Å². The van der Waals surface area contributed by atoms with Gasteiger partial charge in [0.25, 0.3) is 0 Å². The summed E-state index contributed by atoms with van der Waals surface area (Å²) in [5, 5.41) is 9.38. The number of carbonyl (C=O) groups is 1.